The van der Waals surface area contributed by atoms with Crippen LogP contribution in [-0.2, 0) is 6.54 Å². The number of allylic oxidation sites excluding steroid dienone is 1. The number of ketones is 1. The summed E-state index contributed by atoms with van der Waals surface area (Å²) in [5, 5.41) is 8.82. The molecule has 1 aromatic carbocycles. The highest BCUT2D eigenvalue weighted by Crippen LogP contribution is 2.19. The van der Waals surface area contributed by atoms with Crippen LogP contribution in [-0.4, -0.2) is 25.3 Å². The summed E-state index contributed by atoms with van der Waals surface area (Å²) in [4.78, 5) is 12.3. The second-order valence-corrected chi connectivity index (χ2v) is 5.59. The Hall–Kier alpha value is -2.95. The van der Waals surface area contributed by atoms with E-state index in [0.717, 1.165) is 29.2 Å². The Morgan fingerprint density at radius 3 is 2.54 bits per heavy atom. The van der Waals surface area contributed by atoms with Gasteiger partial charge in [-0.2, -0.15) is 10.2 Å². The topological polar surface area (TPSA) is 52.7 Å². The molecular formula is C19H20N4O. The van der Waals surface area contributed by atoms with Crippen LogP contribution in [0, 0.1) is 13.8 Å². The monoisotopic (exact) mass is 320 g/mol. The highest BCUT2D eigenvalue weighted by molar-refractivity contribution is 6.05. The van der Waals surface area contributed by atoms with Crippen LogP contribution in [0.1, 0.15) is 34.4 Å². The molecule has 0 saturated heterocycles. The molecule has 0 aliphatic rings. The van der Waals surface area contributed by atoms with Crippen molar-refractivity contribution in [1.29, 1.82) is 0 Å². The second-order valence-electron chi connectivity index (χ2n) is 5.59. The molecule has 5 heteroatoms. The van der Waals surface area contributed by atoms with E-state index >= 15 is 0 Å². The molecule has 0 aliphatic heterocycles. The van der Waals surface area contributed by atoms with E-state index in [4.69, 9.17) is 0 Å². The first-order valence-corrected chi connectivity index (χ1v) is 7.97. The molecule has 0 fully saturated rings. The van der Waals surface area contributed by atoms with Gasteiger partial charge in [0.15, 0.2) is 0 Å². The van der Waals surface area contributed by atoms with Crippen molar-refractivity contribution in [3.05, 3.63) is 71.3 Å². The minimum atomic E-state index is -0.103. The highest BCUT2D eigenvalue weighted by atomic mass is 16.1. The molecule has 0 bridgehead atoms. The molecule has 5 nitrogen and oxygen atoms in total. The number of carbonyl (C=O) groups excluding carboxylic acids is 1. The SMILES string of the molecule is CCn1ccc(C(=O)/C=C/c2c(C)nn(-c3ccccc3)c2C)n1. The fraction of sp³-hybridized carbons (Fsp3) is 0.211. The molecule has 0 amide bonds. The Labute approximate surface area is 141 Å². The number of carbonyl (C=O) groups is 1. The lowest BCUT2D eigenvalue weighted by Gasteiger charge is -2.03. The van der Waals surface area contributed by atoms with Crippen LogP contribution in [0.25, 0.3) is 11.8 Å². The zero-order valence-electron chi connectivity index (χ0n) is 14.1. The Morgan fingerprint density at radius 2 is 1.88 bits per heavy atom. The van der Waals surface area contributed by atoms with Gasteiger partial charge in [0, 0.05) is 24.0 Å². The van der Waals surface area contributed by atoms with Crippen LogP contribution in [0.15, 0.2) is 48.7 Å². The smallest absolute Gasteiger partial charge is 0.206 e. The van der Waals surface area contributed by atoms with Gasteiger partial charge in [-0.15, -0.1) is 0 Å². The third kappa shape index (κ3) is 3.06. The average molecular weight is 320 g/mol. The first-order valence-electron chi connectivity index (χ1n) is 7.97. The van der Waals surface area contributed by atoms with Crippen LogP contribution in [0.2, 0.25) is 0 Å². The van der Waals surface area contributed by atoms with Crippen LogP contribution >= 0.6 is 0 Å². The van der Waals surface area contributed by atoms with Gasteiger partial charge >= 0.3 is 0 Å². The Bertz CT molecular complexity index is 887. The molecule has 2 aromatic heterocycles. The summed E-state index contributed by atoms with van der Waals surface area (Å²) >= 11 is 0. The molecule has 0 atom stereocenters. The predicted octanol–water partition coefficient (Wildman–Crippen LogP) is 3.60. The number of para-hydroxylation sites is 1. The summed E-state index contributed by atoms with van der Waals surface area (Å²) in [5.74, 6) is -0.103. The maximum atomic E-state index is 12.3. The van der Waals surface area contributed by atoms with E-state index in [1.165, 1.54) is 0 Å². The van der Waals surface area contributed by atoms with Gasteiger partial charge in [0.2, 0.25) is 5.78 Å². The van der Waals surface area contributed by atoms with Gasteiger partial charge in [-0.25, -0.2) is 4.68 Å². The van der Waals surface area contributed by atoms with E-state index in [2.05, 4.69) is 10.2 Å². The van der Waals surface area contributed by atoms with Crippen LogP contribution in [0.3, 0.4) is 0 Å². The third-order valence-electron chi connectivity index (χ3n) is 3.97. The number of hydrogen-bond donors (Lipinski definition) is 0. The second kappa shape index (κ2) is 6.66. The summed E-state index contributed by atoms with van der Waals surface area (Å²) < 4.78 is 3.64. The molecule has 0 radical (unpaired) electrons. The maximum Gasteiger partial charge on any atom is 0.206 e. The summed E-state index contributed by atoms with van der Waals surface area (Å²) in [6.45, 7) is 6.69. The quantitative estimate of drug-likeness (QED) is 0.533. The van der Waals surface area contributed by atoms with Crippen molar-refractivity contribution < 1.29 is 4.79 Å². The number of aromatic nitrogens is 4. The number of aryl methyl sites for hydroxylation is 2. The fourth-order valence-corrected chi connectivity index (χ4v) is 2.63. The number of benzene rings is 1. The van der Waals surface area contributed by atoms with Crippen LogP contribution < -0.4 is 0 Å². The molecule has 0 spiro atoms. The predicted molar refractivity (Wildman–Crippen MR) is 94.3 cm³/mol. The molecular weight excluding hydrogens is 300 g/mol. The Balaban J connectivity index is 1.87. The zero-order chi connectivity index (χ0) is 17.1. The lowest BCUT2D eigenvalue weighted by molar-refractivity contribution is 0.104. The fourth-order valence-electron chi connectivity index (χ4n) is 2.63. The van der Waals surface area contributed by atoms with Crippen molar-refractivity contribution in [3.8, 4) is 5.69 Å². The van der Waals surface area contributed by atoms with Crippen molar-refractivity contribution in [3.63, 3.8) is 0 Å². The first kappa shape index (κ1) is 15.9. The van der Waals surface area contributed by atoms with Gasteiger partial charge in [0.05, 0.1) is 11.4 Å². The molecule has 3 rings (SSSR count). The van der Waals surface area contributed by atoms with E-state index in [0.29, 0.717) is 5.69 Å². The van der Waals surface area contributed by atoms with Crippen molar-refractivity contribution in [2.24, 2.45) is 0 Å². The minimum absolute atomic E-state index is 0.103. The molecule has 122 valence electrons. The van der Waals surface area contributed by atoms with Crippen LogP contribution in [0.4, 0.5) is 0 Å². The van der Waals surface area contributed by atoms with Gasteiger partial charge in [0.1, 0.15) is 5.69 Å². The molecule has 2 heterocycles. The van der Waals surface area contributed by atoms with E-state index in [1.807, 2.05) is 68.1 Å². The molecule has 0 aliphatic carbocycles. The summed E-state index contributed by atoms with van der Waals surface area (Å²) in [7, 11) is 0. The van der Waals surface area contributed by atoms with Crippen molar-refractivity contribution in [2.45, 2.75) is 27.3 Å². The zero-order valence-corrected chi connectivity index (χ0v) is 14.1. The van der Waals surface area contributed by atoms with E-state index in [-0.39, 0.29) is 5.78 Å². The molecule has 3 aromatic rings. The maximum absolute atomic E-state index is 12.3. The molecule has 0 N–H and O–H groups in total. The van der Waals surface area contributed by atoms with Gasteiger partial charge in [-0.3, -0.25) is 9.48 Å². The summed E-state index contributed by atoms with van der Waals surface area (Å²) in [5.41, 5.74) is 4.31. The molecule has 0 unspecified atom stereocenters. The van der Waals surface area contributed by atoms with E-state index < -0.39 is 0 Å². The number of nitrogens with zero attached hydrogens (tertiary/aromatic N) is 4. The first-order chi connectivity index (χ1) is 11.6. The van der Waals surface area contributed by atoms with Crippen molar-refractivity contribution in [1.82, 2.24) is 19.6 Å². The number of hydrogen-bond acceptors (Lipinski definition) is 3. The average Bonchev–Trinajstić information content (AvgIpc) is 3.19. The Morgan fingerprint density at radius 1 is 1.12 bits per heavy atom. The lowest BCUT2D eigenvalue weighted by atomic mass is 10.1. The third-order valence-corrected chi connectivity index (χ3v) is 3.97. The summed E-state index contributed by atoms with van der Waals surface area (Å²) in [6, 6.07) is 11.7. The van der Waals surface area contributed by atoms with E-state index in [9.17, 15) is 4.79 Å². The van der Waals surface area contributed by atoms with Gasteiger partial charge in [-0.1, -0.05) is 18.2 Å². The number of rotatable bonds is 5. The van der Waals surface area contributed by atoms with Gasteiger partial charge in [-0.05, 0) is 51.1 Å². The summed E-state index contributed by atoms with van der Waals surface area (Å²) in [6.07, 6.45) is 5.20. The molecule has 0 saturated carbocycles. The highest BCUT2D eigenvalue weighted by Gasteiger charge is 2.11. The Kier molecular flexibility index (Phi) is 4.42. The minimum Gasteiger partial charge on any atom is -0.287 e. The van der Waals surface area contributed by atoms with Crippen LogP contribution in [0.5, 0.6) is 0 Å². The molecule has 24 heavy (non-hydrogen) atoms. The standard InChI is InChI=1S/C19H20N4O/c1-4-22-13-12-18(21-22)19(24)11-10-17-14(2)20-23(15(17)3)16-8-6-5-7-9-16/h5-13H,4H2,1-3H3/b11-10+. The normalized spacial score (nSPS) is 11.3. The lowest BCUT2D eigenvalue weighted by Crippen LogP contribution is -2.00. The van der Waals surface area contributed by atoms with E-state index in [1.54, 1.807) is 16.8 Å². The van der Waals surface area contributed by atoms with Crippen molar-refractivity contribution >= 4 is 11.9 Å². The van der Waals surface area contributed by atoms with Crippen molar-refractivity contribution in [2.75, 3.05) is 0 Å². The van der Waals surface area contributed by atoms with Gasteiger partial charge in [0.25, 0.3) is 0 Å². The largest absolute Gasteiger partial charge is 0.287 e. The van der Waals surface area contributed by atoms with Gasteiger partial charge < -0.3 is 0 Å².